The number of carbonyl (C=O) groups excluding carboxylic acids is 1. The van der Waals surface area contributed by atoms with E-state index in [-0.39, 0.29) is 18.1 Å². The van der Waals surface area contributed by atoms with Gasteiger partial charge in [-0.1, -0.05) is 13.3 Å². The van der Waals surface area contributed by atoms with Crippen LogP contribution in [0.5, 0.6) is 0 Å². The Bertz CT molecular complexity index is 179. The first-order valence-corrected chi connectivity index (χ1v) is 5.40. The fraction of sp³-hybridized carbons (Fsp3) is 0.900. The van der Waals surface area contributed by atoms with E-state index in [0.717, 1.165) is 25.7 Å². The van der Waals surface area contributed by atoms with Crippen molar-refractivity contribution in [3.63, 3.8) is 0 Å². The summed E-state index contributed by atoms with van der Waals surface area (Å²) < 4.78 is 5.29. The molecule has 0 aliphatic carbocycles. The van der Waals surface area contributed by atoms with Gasteiger partial charge in [0.05, 0.1) is 0 Å². The molecule has 1 rings (SSSR count). The van der Waals surface area contributed by atoms with E-state index in [1.807, 2.05) is 0 Å². The van der Waals surface area contributed by atoms with E-state index < -0.39 is 0 Å². The van der Waals surface area contributed by atoms with E-state index in [0.29, 0.717) is 13.2 Å². The van der Waals surface area contributed by atoms with Gasteiger partial charge in [0, 0.05) is 19.2 Å². The van der Waals surface area contributed by atoms with Gasteiger partial charge >= 0.3 is 0 Å². The number of nitrogens with one attached hydrogen (secondary N) is 1. The fourth-order valence-electron chi connectivity index (χ4n) is 1.68. The highest BCUT2D eigenvalue weighted by Gasteiger charge is 2.24. The molecule has 0 bridgehead atoms. The van der Waals surface area contributed by atoms with E-state index in [1.54, 1.807) is 0 Å². The third-order valence-corrected chi connectivity index (χ3v) is 2.49. The number of carbonyl (C=O) groups is 1. The predicted molar refractivity (Wildman–Crippen MR) is 54.9 cm³/mol. The summed E-state index contributed by atoms with van der Waals surface area (Å²) >= 11 is 0. The van der Waals surface area contributed by atoms with Gasteiger partial charge in [0.2, 0.25) is 5.91 Å². The highest BCUT2D eigenvalue weighted by molar-refractivity contribution is 5.81. The minimum atomic E-state index is -0.235. The fourth-order valence-corrected chi connectivity index (χ4v) is 1.68. The van der Waals surface area contributed by atoms with E-state index in [9.17, 15) is 4.79 Å². The van der Waals surface area contributed by atoms with Crippen LogP contribution in [-0.4, -0.2) is 31.2 Å². The highest BCUT2D eigenvalue weighted by atomic mass is 16.5. The molecular weight excluding hydrogens is 180 g/mol. The topological polar surface area (TPSA) is 64.3 Å². The van der Waals surface area contributed by atoms with Crippen LogP contribution in [0.15, 0.2) is 0 Å². The normalized spacial score (nSPS) is 23.4. The van der Waals surface area contributed by atoms with Crippen molar-refractivity contribution < 1.29 is 9.53 Å². The second-order valence-electron chi connectivity index (χ2n) is 3.73. The molecule has 0 aromatic carbocycles. The third-order valence-electron chi connectivity index (χ3n) is 2.49. The number of amides is 1. The van der Waals surface area contributed by atoms with E-state index in [4.69, 9.17) is 10.5 Å². The zero-order valence-corrected chi connectivity index (χ0v) is 8.79. The minimum Gasteiger partial charge on any atom is -0.368 e. The molecule has 82 valence electrons. The molecule has 0 aromatic rings. The van der Waals surface area contributed by atoms with Gasteiger partial charge in [-0.15, -0.1) is 0 Å². The lowest BCUT2D eigenvalue weighted by molar-refractivity contribution is -0.130. The lowest BCUT2D eigenvalue weighted by Gasteiger charge is -2.18. The molecule has 4 heteroatoms. The molecule has 0 radical (unpaired) electrons. The summed E-state index contributed by atoms with van der Waals surface area (Å²) in [5.41, 5.74) is 5.55. The summed E-state index contributed by atoms with van der Waals surface area (Å²) in [6.45, 7) is 3.30. The van der Waals surface area contributed by atoms with E-state index in [2.05, 4.69) is 12.2 Å². The zero-order chi connectivity index (χ0) is 10.4. The van der Waals surface area contributed by atoms with Crippen molar-refractivity contribution >= 4 is 5.91 Å². The molecule has 0 saturated carbocycles. The van der Waals surface area contributed by atoms with Gasteiger partial charge in [-0.2, -0.15) is 0 Å². The SMILES string of the molecule is CCCC(CN)NC(=O)[C@@H]1CCCO1. The second kappa shape index (κ2) is 5.98. The molecule has 0 aromatic heterocycles. The van der Waals surface area contributed by atoms with Gasteiger partial charge < -0.3 is 15.8 Å². The first-order chi connectivity index (χ1) is 6.77. The maximum absolute atomic E-state index is 11.6. The molecule has 3 N–H and O–H groups in total. The molecule has 1 unspecified atom stereocenters. The van der Waals surface area contributed by atoms with Crippen molar-refractivity contribution in [1.82, 2.24) is 5.32 Å². The number of rotatable bonds is 5. The molecule has 1 saturated heterocycles. The monoisotopic (exact) mass is 200 g/mol. The van der Waals surface area contributed by atoms with Gasteiger partial charge in [-0.05, 0) is 19.3 Å². The van der Waals surface area contributed by atoms with Crippen LogP contribution >= 0.6 is 0 Å². The molecule has 14 heavy (non-hydrogen) atoms. The molecule has 4 nitrogen and oxygen atoms in total. The zero-order valence-electron chi connectivity index (χ0n) is 8.79. The number of ether oxygens (including phenoxy) is 1. The van der Waals surface area contributed by atoms with Gasteiger partial charge in [-0.3, -0.25) is 4.79 Å². The first-order valence-electron chi connectivity index (χ1n) is 5.40. The van der Waals surface area contributed by atoms with Crippen LogP contribution in [-0.2, 0) is 9.53 Å². The lowest BCUT2D eigenvalue weighted by atomic mass is 10.1. The van der Waals surface area contributed by atoms with Crippen LogP contribution in [0, 0.1) is 0 Å². The Balaban J connectivity index is 2.29. The Labute approximate surface area is 85.2 Å². The molecular formula is C10H20N2O2. The number of hydrogen-bond acceptors (Lipinski definition) is 3. The summed E-state index contributed by atoms with van der Waals surface area (Å²) in [6.07, 6.45) is 3.57. The molecule has 1 aliphatic heterocycles. The van der Waals surface area contributed by atoms with Gasteiger partial charge in [-0.25, -0.2) is 0 Å². The lowest BCUT2D eigenvalue weighted by Crippen LogP contribution is -2.44. The summed E-state index contributed by atoms with van der Waals surface area (Å²) in [5.74, 6) is 0.00593. The smallest absolute Gasteiger partial charge is 0.249 e. The summed E-state index contributed by atoms with van der Waals surface area (Å²) in [6, 6.07) is 0.108. The molecule has 1 fully saturated rings. The predicted octanol–water partition coefficient (Wildman–Crippen LogP) is 0.409. The van der Waals surface area contributed by atoms with Crippen molar-refractivity contribution in [3.8, 4) is 0 Å². The standard InChI is InChI=1S/C10H20N2O2/c1-2-4-8(7-11)12-10(13)9-5-3-6-14-9/h8-9H,2-7,11H2,1H3,(H,12,13)/t8?,9-/m0/s1. The van der Waals surface area contributed by atoms with Crippen LogP contribution in [0.4, 0.5) is 0 Å². The Morgan fingerprint density at radius 1 is 1.71 bits per heavy atom. The van der Waals surface area contributed by atoms with Crippen LogP contribution in [0.3, 0.4) is 0 Å². The molecule has 1 aliphatic rings. The molecule has 1 heterocycles. The largest absolute Gasteiger partial charge is 0.368 e. The number of hydrogen-bond donors (Lipinski definition) is 2. The molecule has 1 amide bonds. The first kappa shape index (κ1) is 11.5. The Morgan fingerprint density at radius 3 is 3.00 bits per heavy atom. The Hall–Kier alpha value is -0.610. The van der Waals surface area contributed by atoms with Crippen molar-refractivity contribution in [3.05, 3.63) is 0 Å². The average molecular weight is 200 g/mol. The van der Waals surface area contributed by atoms with Crippen molar-refractivity contribution in [2.75, 3.05) is 13.2 Å². The van der Waals surface area contributed by atoms with Crippen molar-refractivity contribution in [2.24, 2.45) is 5.73 Å². The van der Waals surface area contributed by atoms with Crippen LogP contribution < -0.4 is 11.1 Å². The maximum Gasteiger partial charge on any atom is 0.249 e. The highest BCUT2D eigenvalue weighted by Crippen LogP contribution is 2.12. The van der Waals surface area contributed by atoms with Crippen LogP contribution in [0.1, 0.15) is 32.6 Å². The van der Waals surface area contributed by atoms with Crippen LogP contribution in [0.2, 0.25) is 0 Å². The molecule has 2 atom stereocenters. The van der Waals surface area contributed by atoms with E-state index in [1.165, 1.54) is 0 Å². The quantitative estimate of drug-likeness (QED) is 0.675. The van der Waals surface area contributed by atoms with E-state index >= 15 is 0 Å². The Morgan fingerprint density at radius 2 is 2.50 bits per heavy atom. The summed E-state index contributed by atoms with van der Waals surface area (Å²) in [7, 11) is 0. The third kappa shape index (κ3) is 3.27. The van der Waals surface area contributed by atoms with Crippen molar-refractivity contribution in [2.45, 2.75) is 44.8 Å². The van der Waals surface area contributed by atoms with Crippen LogP contribution in [0.25, 0.3) is 0 Å². The summed E-state index contributed by atoms with van der Waals surface area (Å²) in [5, 5.41) is 2.92. The van der Waals surface area contributed by atoms with Gasteiger partial charge in [0.15, 0.2) is 0 Å². The van der Waals surface area contributed by atoms with Crippen molar-refractivity contribution in [1.29, 1.82) is 0 Å². The molecule has 0 spiro atoms. The number of nitrogens with two attached hydrogens (primary N) is 1. The Kier molecular flexibility index (Phi) is 4.90. The summed E-state index contributed by atoms with van der Waals surface area (Å²) in [4.78, 5) is 11.6. The minimum absolute atomic E-state index is 0.00593. The van der Waals surface area contributed by atoms with Gasteiger partial charge in [0.1, 0.15) is 6.10 Å². The second-order valence-corrected chi connectivity index (χ2v) is 3.73. The maximum atomic E-state index is 11.6. The van der Waals surface area contributed by atoms with Gasteiger partial charge in [0.25, 0.3) is 0 Å². The average Bonchev–Trinajstić information content (AvgIpc) is 2.69.